The molecular weight excluding hydrogens is 759 g/mol. The Morgan fingerprint density at radius 1 is 1.00 bits per heavy atom. The molecule has 0 spiro atoms. The van der Waals surface area contributed by atoms with Crippen molar-refractivity contribution in [1.82, 2.24) is 0 Å². The molecule has 0 saturated heterocycles. The van der Waals surface area contributed by atoms with E-state index in [1.165, 1.54) is 11.1 Å². The van der Waals surface area contributed by atoms with E-state index in [4.69, 9.17) is 0 Å². The van der Waals surface area contributed by atoms with Crippen LogP contribution in [-0.2, 0) is 9.62 Å². The van der Waals surface area contributed by atoms with Crippen molar-refractivity contribution in [3.8, 4) is 0 Å². The summed E-state index contributed by atoms with van der Waals surface area (Å²) < 4.78 is 0.0515. The maximum absolute atomic E-state index is 3.69. The van der Waals surface area contributed by atoms with Gasteiger partial charge >= 0.3 is 0 Å². The van der Waals surface area contributed by atoms with Gasteiger partial charge in [-0.25, -0.2) is 0 Å². The minimum atomic E-state index is -0.508. The molecule has 0 N–H and O–H groups in total. The van der Waals surface area contributed by atoms with Crippen LogP contribution in [0.2, 0.25) is 0 Å². The van der Waals surface area contributed by atoms with Gasteiger partial charge in [0.05, 0.1) is 0 Å². The smallest absolute Gasteiger partial charge is 0.0876 e. The van der Waals surface area contributed by atoms with E-state index in [-0.39, 0.29) is 0 Å². The van der Waals surface area contributed by atoms with Gasteiger partial charge in [-0.3, -0.25) is 0 Å². The maximum atomic E-state index is 3.69. The number of rotatable bonds is 1. The molecule has 0 aliphatic heterocycles. The Balaban J connectivity index is 3.73. The second-order valence-corrected chi connectivity index (χ2v) is 18.4. The number of hydrogen-bond donors (Lipinski definition) is 0. The lowest BCUT2D eigenvalue weighted by Gasteiger charge is -2.27. The number of benzene rings is 1. The van der Waals surface area contributed by atoms with E-state index in [0.717, 1.165) is 20.9 Å². The van der Waals surface area contributed by atoms with Crippen LogP contribution in [0.4, 0.5) is 0 Å². The van der Waals surface area contributed by atoms with Gasteiger partial charge in [0, 0.05) is 15.4 Å². The van der Waals surface area contributed by atoms with Crippen molar-refractivity contribution >= 4 is 127 Å². The van der Waals surface area contributed by atoms with Gasteiger partial charge in [0.1, 0.15) is 0 Å². The molecule has 18 heavy (non-hydrogen) atoms. The summed E-state index contributed by atoms with van der Waals surface area (Å²) in [6, 6.07) is 2.13. The molecule has 0 heterocycles. The van der Waals surface area contributed by atoms with Crippen LogP contribution in [0.3, 0.4) is 0 Å². The minimum Gasteiger partial charge on any atom is -0.0876 e. The first-order valence-electron chi connectivity index (χ1n) is 4.52. The lowest BCUT2D eigenvalue weighted by Crippen LogP contribution is -2.13. The topological polar surface area (TPSA) is 0 Å². The Morgan fingerprint density at radius 3 is 1.83 bits per heavy atom. The van der Waals surface area contributed by atoms with Gasteiger partial charge in [-0.15, -0.1) is 0 Å². The van der Waals surface area contributed by atoms with Gasteiger partial charge in [0.2, 0.25) is 0 Å². The molecule has 8 heteroatoms. The Morgan fingerprint density at radius 2 is 1.50 bits per heavy atom. The lowest BCUT2D eigenvalue weighted by atomic mass is 10.0. The van der Waals surface area contributed by atoms with E-state index in [2.05, 4.69) is 140 Å². The van der Waals surface area contributed by atoms with Crippen molar-refractivity contribution < 1.29 is 0 Å². The third-order valence-corrected chi connectivity index (χ3v) is 6.22. The van der Waals surface area contributed by atoms with E-state index < -0.39 is 4.29 Å². The standard InChI is InChI=1S/C10H6Br8/c1-4-2-6(9(13,14)15)7(10(16,17)18)8(12)5(4)3-11/h2H,3H2,1H3. The largest absolute Gasteiger partial charge is 0.161 e. The summed E-state index contributed by atoms with van der Waals surface area (Å²) in [5.74, 6) is 0. The Hall–Kier alpha value is 3.06. The van der Waals surface area contributed by atoms with Crippen LogP contribution >= 0.6 is 127 Å². The predicted octanol–water partition coefficient (Wildman–Crippen LogP) is 8.24. The van der Waals surface area contributed by atoms with Crippen LogP contribution in [0.25, 0.3) is 0 Å². The first-order chi connectivity index (χ1) is 8.00. The molecule has 0 unspecified atom stereocenters. The predicted molar refractivity (Wildman–Crippen MR) is 108 cm³/mol. The van der Waals surface area contributed by atoms with Gasteiger partial charge < -0.3 is 0 Å². The molecule has 0 aliphatic carbocycles. The molecule has 0 atom stereocenters. The summed E-state index contributed by atoms with van der Waals surface area (Å²) in [5, 5.41) is 0.787. The Bertz CT molecular complexity index is 454. The molecule has 0 amide bonds. The zero-order chi connectivity index (χ0) is 14.3. The normalized spacial score (nSPS) is 12.9. The van der Waals surface area contributed by atoms with Crippen LogP contribution < -0.4 is 0 Å². The van der Waals surface area contributed by atoms with Crippen LogP contribution in [-0.4, -0.2) is 0 Å². The summed E-state index contributed by atoms with van der Waals surface area (Å²) in [6.07, 6.45) is 0. The molecule has 0 aliphatic rings. The highest BCUT2D eigenvalue weighted by Gasteiger charge is 2.35. The molecule has 1 rings (SSSR count). The van der Waals surface area contributed by atoms with Crippen molar-refractivity contribution in [2.75, 3.05) is 0 Å². The van der Waals surface area contributed by atoms with E-state index in [1.54, 1.807) is 0 Å². The van der Waals surface area contributed by atoms with Gasteiger partial charge in [-0.05, 0) is 23.6 Å². The van der Waals surface area contributed by atoms with Gasteiger partial charge in [0.15, 0.2) is 4.29 Å². The molecule has 0 saturated carbocycles. The zero-order valence-electron chi connectivity index (χ0n) is 8.81. The van der Waals surface area contributed by atoms with Crippen LogP contribution in [0.5, 0.6) is 0 Å². The highest BCUT2D eigenvalue weighted by atomic mass is 80.0. The maximum Gasteiger partial charge on any atom is 0.161 e. The average Bonchev–Trinajstić information content (AvgIpc) is 2.13. The molecule has 0 fully saturated rings. The van der Waals surface area contributed by atoms with E-state index in [1.807, 2.05) is 0 Å². The third kappa shape index (κ3) is 4.53. The van der Waals surface area contributed by atoms with Crippen LogP contribution in [0.15, 0.2) is 10.5 Å². The Kier molecular flexibility index (Phi) is 7.53. The number of halogens is 8. The molecule has 0 bridgehead atoms. The Labute approximate surface area is 174 Å². The monoisotopic (exact) mass is 757 g/mol. The first-order valence-corrected chi connectivity index (χ1v) is 11.2. The number of aryl methyl sites for hydroxylation is 1. The zero-order valence-corrected chi connectivity index (χ0v) is 21.5. The average molecular weight is 765 g/mol. The lowest BCUT2D eigenvalue weighted by molar-refractivity contribution is 1.15. The van der Waals surface area contributed by atoms with Crippen molar-refractivity contribution in [2.24, 2.45) is 0 Å². The first kappa shape index (κ1) is 19.1. The third-order valence-electron chi connectivity index (χ3n) is 2.31. The summed E-state index contributed by atoms with van der Waals surface area (Å²) in [4.78, 5) is 0. The number of hydrogen-bond acceptors (Lipinski definition) is 0. The second kappa shape index (κ2) is 7.09. The van der Waals surface area contributed by atoms with E-state index in [0.29, 0.717) is 0 Å². The van der Waals surface area contributed by atoms with Crippen molar-refractivity contribution in [2.45, 2.75) is 16.5 Å². The molecule has 102 valence electrons. The summed E-state index contributed by atoms with van der Waals surface area (Å²) >= 11 is 28.7. The van der Waals surface area contributed by atoms with Crippen molar-refractivity contribution in [3.63, 3.8) is 0 Å². The summed E-state index contributed by atoms with van der Waals surface area (Å²) in [7, 11) is 0. The van der Waals surface area contributed by atoms with Crippen LogP contribution in [0.1, 0.15) is 22.3 Å². The minimum absolute atomic E-state index is 0.485. The van der Waals surface area contributed by atoms with E-state index in [9.17, 15) is 0 Å². The SMILES string of the molecule is Cc1cc(C(Br)(Br)Br)c(C(Br)(Br)Br)c(Br)c1CBr. The van der Waals surface area contributed by atoms with Crippen LogP contribution in [0, 0.1) is 6.92 Å². The molecule has 0 nitrogen and oxygen atoms in total. The van der Waals surface area contributed by atoms with Crippen molar-refractivity contribution in [1.29, 1.82) is 0 Å². The van der Waals surface area contributed by atoms with Gasteiger partial charge in [0.25, 0.3) is 0 Å². The van der Waals surface area contributed by atoms with Gasteiger partial charge in [-0.2, -0.15) is 0 Å². The molecule has 1 aromatic carbocycles. The van der Waals surface area contributed by atoms with Gasteiger partial charge in [-0.1, -0.05) is 134 Å². The molecule has 0 aromatic heterocycles. The second-order valence-electron chi connectivity index (χ2n) is 3.54. The number of alkyl halides is 7. The molecule has 1 aromatic rings. The molecule has 0 radical (unpaired) electrons. The fraction of sp³-hybridized carbons (Fsp3) is 0.400. The highest BCUT2D eigenvalue weighted by molar-refractivity contribution is 9.39. The fourth-order valence-corrected chi connectivity index (χ4v) is 6.52. The quantitative estimate of drug-likeness (QED) is 0.253. The molecular formula is C10H6Br8. The summed E-state index contributed by atoms with van der Waals surface area (Å²) in [5.41, 5.74) is 4.53. The van der Waals surface area contributed by atoms with E-state index >= 15 is 0 Å². The highest BCUT2D eigenvalue weighted by Crippen LogP contribution is 2.56. The fourth-order valence-electron chi connectivity index (χ4n) is 1.48. The summed E-state index contributed by atoms with van der Waals surface area (Å²) in [6.45, 7) is 2.09. The van der Waals surface area contributed by atoms with Crippen molar-refractivity contribution in [3.05, 3.63) is 32.8 Å².